The SMILES string of the molecule is Cc1ccc(NC(=O)c2cccn(Cc3cccc([N+](=O)[O-])c3)c2=O)cc1Cl. The summed E-state index contributed by atoms with van der Waals surface area (Å²) in [6, 6.07) is 14.1. The first-order valence-electron chi connectivity index (χ1n) is 8.35. The molecule has 0 radical (unpaired) electrons. The van der Waals surface area contributed by atoms with Gasteiger partial charge in [0.15, 0.2) is 0 Å². The van der Waals surface area contributed by atoms with E-state index in [1.165, 1.54) is 29.0 Å². The Kier molecular flexibility index (Phi) is 5.56. The van der Waals surface area contributed by atoms with Crippen molar-refractivity contribution in [1.29, 1.82) is 0 Å². The van der Waals surface area contributed by atoms with Crippen LogP contribution in [0, 0.1) is 17.0 Å². The van der Waals surface area contributed by atoms with E-state index in [0.29, 0.717) is 16.3 Å². The molecular formula is C20H16ClN3O4. The van der Waals surface area contributed by atoms with Crippen molar-refractivity contribution in [1.82, 2.24) is 4.57 Å². The lowest BCUT2D eigenvalue weighted by Crippen LogP contribution is -2.29. The molecule has 1 aromatic heterocycles. The molecule has 0 aliphatic carbocycles. The maximum absolute atomic E-state index is 12.7. The Balaban J connectivity index is 1.85. The monoisotopic (exact) mass is 397 g/mol. The number of rotatable bonds is 5. The fourth-order valence-electron chi connectivity index (χ4n) is 2.67. The number of halogens is 1. The number of nitrogens with one attached hydrogen (secondary N) is 1. The molecule has 0 aliphatic heterocycles. The van der Waals surface area contributed by atoms with E-state index in [4.69, 9.17) is 11.6 Å². The number of hydrogen-bond acceptors (Lipinski definition) is 4. The molecule has 0 bridgehead atoms. The number of carbonyl (C=O) groups is 1. The van der Waals surface area contributed by atoms with E-state index in [9.17, 15) is 19.7 Å². The molecule has 1 N–H and O–H groups in total. The fraction of sp³-hybridized carbons (Fsp3) is 0.100. The normalized spacial score (nSPS) is 10.5. The summed E-state index contributed by atoms with van der Waals surface area (Å²) in [6.07, 6.45) is 1.53. The van der Waals surface area contributed by atoms with Gasteiger partial charge in [-0.25, -0.2) is 0 Å². The van der Waals surface area contributed by atoms with Crippen LogP contribution in [0.15, 0.2) is 65.6 Å². The Labute approximate surface area is 165 Å². The van der Waals surface area contributed by atoms with Gasteiger partial charge in [0.25, 0.3) is 17.2 Å². The Morgan fingerprint density at radius 3 is 2.68 bits per heavy atom. The standard InChI is InChI=1S/C20H16ClN3O4/c1-13-7-8-15(11-18(13)21)22-19(25)17-6-3-9-23(20(17)26)12-14-4-2-5-16(10-14)24(27)28/h2-11H,12H2,1H3,(H,22,25). The highest BCUT2D eigenvalue weighted by atomic mass is 35.5. The van der Waals surface area contributed by atoms with Crippen molar-refractivity contribution in [2.24, 2.45) is 0 Å². The van der Waals surface area contributed by atoms with Crippen molar-refractivity contribution in [2.45, 2.75) is 13.5 Å². The van der Waals surface area contributed by atoms with Gasteiger partial charge in [0.2, 0.25) is 0 Å². The quantitative estimate of drug-likeness (QED) is 0.519. The summed E-state index contributed by atoms with van der Waals surface area (Å²) in [5, 5.41) is 14.1. The van der Waals surface area contributed by atoms with Gasteiger partial charge in [-0.1, -0.05) is 29.8 Å². The molecule has 0 unspecified atom stereocenters. The molecule has 2 aromatic carbocycles. The number of aryl methyl sites for hydroxylation is 1. The van der Waals surface area contributed by atoms with E-state index in [1.807, 2.05) is 6.92 Å². The lowest BCUT2D eigenvalue weighted by Gasteiger charge is -2.10. The van der Waals surface area contributed by atoms with Crippen LogP contribution in [0.2, 0.25) is 5.02 Å². The summed E-state index contributed by atoms with van der Waals surface area (Å²) in [6.45, 7) is 1.95. The Hall–Kier alpha value is -3.45. The molecule has 0 saturated heterocycles. The molecule has 0 atom stereocenters. The second-order valence-electron chi connectivity index (χ2n) is 6.20. The topological polar surface area (TPSA) is 94.2 Å². The molecule has 8 heteroatoms. The van der Waals surface area contributed by atoms with Gasteiger partial charge in [-0.2, -0.15) is 0 Å². The zero-order valence-corrected chi connectivity index (χ0v) is 15.6. The molecule has 0 fully saturated rings. The van der Waals surface area contributed by atoms with Gasteiger partial charge < -0.3 is 9.88 Å². The van der Waals surface area contributed by atoms with E-state index in [-0.39, 0.29) is 17.8 Å². The number of non-ortho nitro benzene ring substituents is 1. The van der Waals surface area contributed by atoms with Crippen molar-refractivity contribution in [3.05, 3.63) is 103 Å². The highest BCUT2D eigenvalue weighted by Crippen LogP contribution is 2.20. The zero-order valence-electron chi connectivity index (χ0n) is 14.9. The zero-order chi connectivity index (χ0) is 20.3. The maximum atomic E-state index is 12.7. The molecule has 0 aliphatic rings. The molecule has 28 heavy (non-hydrogen) atoms. The van der Waals surface area contributed by atoms with Crippen molar-refractivity contribution in [2.75, 3.05) is 5.32 Å². The van der Waals surface area contributed by atoms with Gasteiger partial charge >= 0.3 is 0 Å². The number of benzene rings is 2. The Morgan fingerprint density at radius 1 is 1.18 bits per heavy atom. The van der Waals surface area contributed by atoms with Crippen LogP contribution < -0.4 is 10.9 Å². The molecule has 1 heterocycles. The van der Waals surface area contributed by atoms with Crippen molar-refractivity contribution >= 4 is 28.9 Å². The smallest absolute Gasteiger partial charge is 0.269 e. The lowest BCUT2D eigenvalue weighted by atomic mass is 10.2. The van der Waals surface area contributed by atoms with Crippen LogP contribution in [-0.4, -0.2) is 15.4 Å². The molecule has 0 spiro atoms. The van der Waals surface area contributed by atoms with Gasteiger partial charge in [0.1, 0.15) is 5.56 Å². The highest BCUT2D eigenvalue weighted by molar-refractivity contribution is 6.31. The van der Waals surface area contributed by atoms with Crippen LogP contribution in [0.4, 0.5) is 11.4 Å². The number of amides is 1. The minimum absolute atomic E-state index is 0.0374. The van der Waals surface area contributed by atoms with Crippen LogP contribution in [-0.2, 0) is 6.54 Å². The van der Waals surface area contributed by atoms with Crippen LogP contribution in [0.1, 0.15) is 21.5 Å². The first kappa shape index (κ1) is 19.3. The van der Waals surface area contributed by atoms with E-state index in [0.717, 1.165) is 5.56 Å². The number of nitro groups is 1. The number of anilines is 1. The molecule has 142 valence electrons. The summed E-state index contributed by atoms with van der Waals surface area (Å²) in [5.74, 6) is -0.557. The second kappa shape index (κ2) is 8.06. The van der Waals surface area contributed by atoms with Crippen molar-refractivity contribution < 1.29 is 9.72 Å². The summed E-state index contributed by atoms with van der Waals surface area (Å²) in [5.41, 5.74) is 1.34. The Morgan fingerprint density at radius 2 is 1.96 bits per heavy atom. The molecule has 3 rings (SSSR count). The average Bonchev–Trinajstić information content (AvgIpc) is 2.66. The van der Waals surface area contributed by atoms with Crippen LogP contribution >= 0.6 is 11.6 Å². The van der Waals surface area contributed by atoms with Gasteiger partial charge in [-0.05, 0) is 42.3 Å². The third-order valence-electron chi connectivity index (χ3n) is 4.17. The van der Waals surface area contributed by atoms with Crippen LogP contribution in [0.25, 0.3) is 0 Å². The number of carbonyl (C=O) groups excluding carboxylic acids is 1. The van der Waals surface area contributed by atoms with Gasteiger partial charge in [-0.15, -0.1) is 0 Å². The first-order valence-corrected chi connectivity index (χ1v) is 8.73. The van der Waals surface area contributed by atoms with Crippen LogP contribution in [0.3, 0.4) is 0 Å². The summed E-state index contributed by atoms with van der Waals surface area (Å²) >= 11 is 6.06. The third-order valence-corrected chi connectivity index (χ3v) is 4.58. The molecule has 7 nitrogen and oxygen atoms in total. The number of nitro benzene ring substituents is 1. The average molecular weight is 398 g/mol. The third kappa shape index (κ3) is 4.27. The van der Waals surface area contributed by atoms with E-state index >= 15 is 0 Å². The predicted octanol–water partition coefficient (Wildman–Crippen LogP) is 4.02. The molecule has 1 amide bonds. The predicted molar refractivity (Wildman–Crippen MR) is 107 cm³/mol. The lowest BCUT2D eigenvalue weighted by molar-refractivity contribution is -0.384. The van der Waals surface area contributed by atoms with Crippen molar-refractivity contribution in [3.63, 3.8) is 0 Å². The first-order chi connectivity index (χ1) is 13.3. The summed E-state index contributed by atoms with van der Waals surface area (Å²) in [4.78, 5) is 35.6. The van der Waals surface area contributed by atoms with Gasteiger partial charge in [0.05, 0.1) is 11.5 Å². The Bertz CT molecular complexity index is 1120. The van der Waals surface area contributed by atoms with E-state index in [2.05, 4.69) is 5.32 Å². The van der Waals surface area contributed by atoms with Gasteiger partial charge in [-0.3, -0.25) is 19.7 Å². The highest BCUT2D eigenvalue weighted by Gasteiger charge is 2.14. The van der Waals surface area contributed by atoms with E-state index < -0.39 is 16.4 Å². The van der Waals surface area contributed by atoms with Gasteiger partial charge in [0, 0.05) is 29.0 Å². The maximum Gasteiger partial charge on any atom is 0.269 e. The van der Waals surface area contributed by atoms with Crippen molar-refractivity contribution in [3.8, 4) is 0 Å². The molecule has 0 saturated carbocycles. The fourth-order valence-corrected chi connectivity index (χ4v) is 2.85. The second-order valence-corrected chi connectivity index (χ2v) is 6.61. The number of hydrogen-bond donors (Lipinski definition) is 1. The largest absolute Gasteiger partial charge is 0.322 e. The number of pyridine rings is 1. The number of nitrogens with zero attached hydrogens (tertiary/aromatic N) is 2. The minimum atomic E-state index is -0.557. The number of aromatic nitrogens is 1. The minimum Gasteiger partial charge on any atom is -0.322 e. The molecular weight excluding hydrogens is 382 g/mol. The summed E-state index contributed by atoms with van der Waals surface area (Å²) < 4.78 is 1.33. The molecule has 3 aromatic rings. The van der Waals surface area contributed by atoms with Crippen LogP contribution in [0.5, 0.6) is 0 Å². The van der Waals surface area contributed by atoms with E-state index in [1.54, 1.807) is 36.4 Å². The summed E-state index contributed by atoms with van der Waals surface area (Å²) in [7, 11) is 0.